The number of para-hydroxylation sites is 1. The van der Waals surface area contributed by atoms with Crippen LogP contribution in [-0.4, -0.2) is 27.2 Å². The van der Waals surface area contributed by atoms with Crippen LogP contribution in [0, 0.1) is 6.92 Å². The minimum absolute atomic E-state index is 0.0532. The Labute approximate surface area is 175 Å². The number of aryl methyl sites for hydroxylation is 1. The molecule has 0 saturated carbocycles. The largest absolute Gasteiger partial charge is 0.507 e. The Bertz CT molecular complexity index is 1120. The number of benzene rings is 2. The van der Waals surface area contributed by atoms with E-state index in [4.69, 9.17) is 4.52 Å². The van der Waals surface area contributed by atoms with E-state index in [1.807, 2.05) is 31.0 Å². The molecular weight excluding hydrogens is 380 g/mol. The van der Waals surface area contributed by atoms with Crippen LogP contribution in [0.2, 0.25) is 0 Å². The number of rotatable bonds is 5. The summed E-state index contributed by atoms with van der Waals surface area (Å²) in [4.78, 5) is 12.8. The number of allylic oxidation sites excluding steroid dienone is 1. The molecule has 0 spiro atoms. The van der Waals surface area contributed by atoms with Crippen molar-refractivity contribution >= 4 is 5.91 Å². The van der Waals surface area contributed by atoms with Gasteiger partial charge in [0.05, 0.1) is 23.8 Å². The van der Waals surface area contributed by atoms with E-state index < -0.39 is 0 Å². The number of hydrogen-bond donors (Lipinski definition) is 3. The molecule has 1 atom stereocenters. The number of hydrazine groups is 1. The monoisotopic (exact) mass is 404 g/mol. The molecule has 7 heteroatoms. The zero-order valence-electron chi connectivity index (χ0n) is 17.1. The lowest BCUT2D eigenvalue weighted by atomic mass is 10.1. The maximum absolute atomic E-state index is 12.8. The summed E-state index contributed by atoms with van der Waals surface area (Å²) in [5.74, 6) is 0.0449. The van der Waals surface area contributed by atoms with Crippen LogP contribution in [0.15, 0.2) is 70.5 Å². The molecule has 1 aliphatic rings. The summed E-state index contributed by atoms with van der Waals surface area (Å²) in [5.41, 5.74) is 8.20. The molecule has 3 N–H and O–H groups in total. The highest BCUT2D eigenvalue weighted by atomic mass is 16.5. The molecule has 0 aliphatic carbocycles. The first-order valence-electron chi connectivity index (χ1n) is 9.79. The molecule has 0 bridgehead atoms. The van der Waals surface area contributed by atoms with Crippen LogP contribution in [0.5, 0.6) is 5.75 Å². The summed E-state index contributed by atoms with van der Waals surface area (Å²) in [6, 6.07) is 16.5. The van der Waals surface area contributed by atoms with Gasteiger partial charge in [-0.3, -0.25) is 4.79 Å². The summed E-state index contributed by atoms with van der Waals surface area (Å²) in [7, 11) is 0. The normalized spacial score (nSPS) is 16.2. The van der Waals surface area contributed by atoms with Crippen molar-refractivity contribution in [1.29, 1.82) is 0 Å². The Morgan fingerprint density at radius 1 is 1.20 bits per heavy atom. The molecule has 7 nitrogen and oxygen atoms in total. The molecule has 2 heterocycles. The average molecular weight is 404 g/mol. The SMILES string of the molecule is CC1=C(NC(=O)c2cc(-c3ccccc3O)on2)[C@H](C)NN1Cc1ccccc1C. The highest BCUT2D eigenvalue weighted by Crippen LogP contribution is 2.29. The third kappa shape index (κ3) is 3.79. The Morgan fingerprint density at radius 3 is 2.70 bits per heavy atom. The Kier molecular flexibility index (Phi) is 5.29. The molecule has 0 fully saturated rings. The van der Waals surface area contributed by atoms with Crippen molar-refractivity contribution in [3.05, 3.63) is 82.8 Å². The lowest BCUT2D eigenvalue weighted by Gasteiger charge is -2.22. The molecule has 2 aromatic carbocycles. The Morgan fingerprint density at radius 2 is 1.93 bits per heavy atom. The fourth-order valence-electron chi connectivity index (χ4n) is 3.55. The minimum atomic E-state index is -0.360. The molecule has 1 aliphatic heterocycles. The minimum Gasteiger partial charge on any atom is -0.507 e. The van der Waals surface area contributed by atoms with E-state index in [1.165, 1.54) is 17.2 Å². The number of carbonyl (C=O) groups excluding carboxylic acids is 1. The van der Waals surface area contributed by atoms with Gasteiger partial charge in [0.2, 0.25) is 0 Å². The first kappa shape index (κ1) is 19.7. The van der Waals surface area contributed by atoms with Gasteiger partial charge < -0.3 is 20.0 Å². The molecule has 154 valence electrons. The second-order valence-electron chi connectivity index (χ2n) is 7.41. The molecule has 1 amide bonds. The molecule has 4 rings (SSSR count). The van der Waals surface area contributed by atoms with E-state index in [0.717, 1.165) is 11.4 Å². The Balaban J connectivity index is 1.50. The van der Waals surface area contributed by atoms with E-state index in [9.17, 15) is 9.90 Å². The second-order valence-corrected chi connectivity index (χ2v) is 7.41. The van der Waals surface area contributed by atoms with E-state index >= 15 is 0 Å². The van der Waals surface area contributed by atoms with Crippen molar-refractivity contribution in [2.24, 2.45) is 0 Å². The first-order chi connectivity index (χ1) is 14.4. The number of aromatic hydroxyl groups is 1. The Hall–Kier alpha value is -3.58. The standard InChI is InChI=1S/C23H24N4O3/c1-14-8-4-5-9-17(14)13-27-16(3)22(15(2)25-27)24-23(29)19-12-21(30-26-19)18-10-6-7-11-20(18)28/h4-12,15,25,28H,13H2,1-3H3,(H,24,29)/t15-/m0/s1. The summed E-state index contributed by atoms with van der Waals surface area (Å²) < 4.78 is 5.27. The molecule has 0 unspecified atom stereocenters. The van der Waals surface area contributed by atoms with Gasteiger partial charge in [-0.1, -0.05) is 41.6 Å². The van der Waals surface area contributed by atoms with Gasteiger partial charge in [-0.25, -0.2) is 5.43 Å². The van der Waals surface area contributed by atoms with Gasteiger partial charge in [0.25, 0.3) is 5.91 Å². The van der Waals surface area contributed by atoms with Crippen LogP contribution in [-0.2, 0) is 6.54 Å². The van der Waals surface area contributed by atoms with Crippen molar-refractivity contribution in [2.75, 3.05) is 0 Å². The fourth-order valence-corrected chi connectivity index (χ4v) is 3.55. The zero-order chi connectivity index (χ0) is 21.3. The summed E-state index contributed by atoms with van der Waals surface area (Å²) in [6.45, 7) is 6.75. The predicted octanol–water partition coefficient (Wildman–Crippen LogP) is 3.73. The highest BCUT2D eigenvalue weighted by molar-refractivity contribution is 5.94. The molecular formula is C23H24N4O3. The van der Waals surface area contributed by atoms with Crippen molar-refractivity contribution in [3.8, 4) is 17.1 Å². The number of hydrogen-bond acceptors (Lipinski definition) is 6. The lowest BCUT2D eigenvalue weighted by molar-refractivity contribution is 0.0954. The number of phenols is 1. The summed E-state index contributed by atoms with van der Waals surface area (Å²) in [5, 5.41) is 18.8. The van der Waals surface area contributed by atoms with Crippen LogP contribution < -0.4 is 10.7 Å². The first-order valence-corrected chi connectivity index (χ1v) is 9.79. The van der Waals surface area contributed by atoms with Gasteiger partial charge in [-0.15, -0.1) is 0 Å². The van der Waals surface area contributed by atoms with E-state index in [1.54, 1.807) is 24.3 Å². The maximum Gasteiger partial charge on any atom is 0.277 e. The number of aromatic nitrogens is 1. The van der Waals surface area contributed by atoms with Gasteiger partial charge in [-0.2, -0.15) is 0 Å². The third-order valence-electron chi connectivity index (χ3n) is 5.33. The summed E-state index contributed by atoms with van der Waals surface area (Å²) >= 11 is 0. The van der Waals surface area contributed by atoms with Gasteiger partial charge in [0.15, 0.2) is 11.5 Å². The molecule has 1 aromatic heterocycles. The van der Waals surface area contributed by atoms with Crippen LogP contribution in [0.25, 0.3) is 11.3 Å². The van der Waals surface area contributed by atoms with Crippen LogP contribution in [0.3, 0.4) is 0 Å². The second kappa shape index (κ2) is 8.04. The maximum atomic E-state index is 12.8. The average Bonchev–Trinajstić information content (AvgIpc) is 3.31. The number of nitrogens with one attached hydrogen (secondary N) is 2. The molecule has 30 heavy (non-hydrogen) atoms. The molecule has 0 radical (unpaired) electrons. The van der Waals surface area contributed by atoms with Gasteiger partial charge >= 0.3 is 0 Å². The molecule has 0 saturated heterocycles. The van der Waals surface area contributed by atoms with E-state index in [2.05, 4.69) is 35.0 Å². The van der Waals surface area contributed by atoms with Crippen molar-refractivity contribution in [1.82, 2.24) is 20.9 Å². The highest BCUT2D eigenvalue weighted by Gasteiger charge is 2.28. The van der Waals surface area contributed by atoms with E-state index in [0.29, 0.717) is 17.9 Å². The number of phenolic OH excluding ortho intramolecular Hbond substituents is 1. The van der Waals surface area contributed by atoms with Gasteiger partial charge in [0.1, 0.15) is 5.75 Å². The quantitative estimate of drug-likeness (QED) is 0.600. The smallest absolute Gasteiger partial charge is 0.277 e. The summed E-state index contributed by atoms with van der Waals surface area (Å²) in [6.07, 6.45) is 0. The lowest BCUT2D eigenvalue weighted by Crippen LogP contribution is -2.37. The van der Waals surface area contributed by atoms with Crippen LogP contribution in [0.4, 0.5) is 0 Å². The van der Waals surface area contributed by atoms with Gasteiger partial charge in [0, 0.05) is 11.8 Å². The van der Waals surface area contributed by atoms with Crippen molar-refractivity contribution < 1.29 is 14.4 Å². The van der Waals surface area contributed by atoms with Gasteiger partial charge in [-0.05, 0) is 44.0 Å². The number of amides is 1. The zero-order valence-corrected chi connectivity index (χ0v) is 17.1. The van der Waals surface area contributed by atoms with Crippen LogP contribution in [0.1, 0.15) is 35.5 Å². The van der Waals surface area contributed by atoms with Crippen molar-refractivity contribution in [2.45, 2.75) is 33.4 Å². The fraction of sp³-hybridized carbons (Fsp3) is 0.217. The van der Waals surface area contributed by atoms with Crippen LogP contribution >= 0.6 is 0 Å². The predicted molar refractivity (Wildman–Crippen MR) is 113 cm³/mol. The number of carbonyl (C=O) groups is 1. The topological polar surface area (TPSA) is 90.6 Å². The van der Waals surface area contributed by atoms with Crippen molar-refractivity contribution in [3.63, 3.8) is 0 Å². The number of nitrogens with zero attached hydrogens (tertiary/aromatic N) is 2. The molecule has 3 aromatic rings. The third-order valence-corrected chi connectivity index (χ3v) is 5.33. The van der Waals surface area contributed by atoms with E-state index in [-0.39, 0.29) is 23.4 Å².